The van der Waals surface area contributed by atoms with Crippen LogP contribution in [0.15, 0.2) is 0 Å². The first kappa shape index (κ1) is 10.9. The molecule has 0 spiro atoms. The molecule has 0 aromatic carbocycles. The van der Waals surface area contributed by atoms with E-state index in [0.29, 0.717) is 5.41 Å². The predicted octanol–water partition coefficient (Wildman–Crippen LogP) is 4.51. The van der Waals surface area contributed by atoms with Crippen LogP contribution in [0.4, 0.5) is 0 Å². The average molecular weight is 225 g/mol. The predicted molar refractivity (Wildman–Crippen MR) is 59.3 cm³/mol. The second-order valence-electron chi connectivity index (χ2n) is 5.07. The van der Waals surface area contributed by atoms with Crippen molar-refractivity contribution in [1.29, 1.82) is 0 Å². The highest BCUT2D eigenvalue weighted by atomic mass is 35.7. The van der Waals surface area contributed by atoms with E-state index in [4.69, 9.17) is 22.2 Å². The summed E-state index contributed by atoms with van der Waals surface area (Å²) in [4.78, 5) is 0. The minimum absolute atomic E-state index is 0.140. The minimum atomic E-state index is -2.01. The lowest BCUT2D eigenvalue weighted by atomic mass is 9.76. The third kappa shape index (κ3) is 1.44. The molecule has 72 valence electrons. The standard InChI is InChI=1S/C9H18Cl2Si/c1-8(2)6-5-7-12(10,11)9(8,3)4/h5-7H2,1-4H3. The maximum absolute atomic E-state index is 6.45. The minimum Gasteiger partial charge on any atom is -0.145 e. The third-order valence-electron chi connectivity index (χ3n) is 3.90. The van der Waals surface area contributed by atoms with Crippen LogP contribution in [0.2, 0.25) is 11.1 Å². The Morgan fingerprint density at radius 2 is 1.58 bits per heavy atom. The van der Waals surface area contributed by atoms with Crippen molar-refractivity contribution in [2.24, 2.45) is 5.41 Å². The van der Waals surface area contributed by atoms with Crippen LogP contribution in [0.5, 0.6) is 0 Å². The molecule has 1 heterocycles. The van der Waals surface area contributed by atoms with Gasteiger partial charge in [-0.15, -0.1) is 22.2 Å². The Morgan fingerprint density at radius 1 is 1.08 bits per heavy atom. The van der Waals surface area contributed by atoms with Crippen molar-refractivity contribution in [3.8, 4) is 0 Å². The molecule has 1 aliphatic rings. The molecule has 0 aromatic rings. The lowest BCUT2D eigenvalue weighted by Crippen LogP contribution is -2.47. The number of hydrogen-bond donors (Lipinski definition) is 0. The first-order valence-corrected chi connectivity index (χ1v) is 8.82. The summed E-state index contributed by atoms with van der Waals surface area (Å²) in [6.07, 6.45) is 2.46. The smallest absolute Gasteiger partial charge is 0.145 e. The molecule has 0 bridgehead atoms. The second-order valence-corrected chi connectivity index (χ2v) is 12.7. The van der Waals surface area contributed by atoms with Gasteiger partial charge in [0, 0.05) is 0 Å². The quantitative estimate of drug-likeness (QED) is 0.420. The number of hydrogen-bond acceptors (Lipinski definition) is 0. The Balaban J connectivity index is 2.99. The fourth-order valence-electron chi connectivity index (χ4n) is 1.87. The molecule has 0 unspecified atom stereocenters. The van der Waals surface area contributed by atoms with Crippen molar-refractivity contribution in [3.05, 3.63) is 0 Å². The molecule has 0 atom stereocenters. The topological polar surface area (TPSA) is 0 Å². The van der Waals surface area contributed by atoms with Crippen molar-refractivity contribution in [3.63, 3.8) is 0 Å². The average Bonchev–Trinajstić information content (AvgIpc) is 1.83. The zero-order valence-corrected chi connectivity index (χ0v) is 10.9. The Kier molecular flexibility index (Phi) is 2.62. The zero-order chi connectivity index (χ0) is 9.62. The Hall–Kier alpha value is 0.797. The third-order valence-corrected chi connectivity index (χ3v) is 11.4. The van der Waals surface area contributed by atoms with Crippen LogP contribution in [-0.4, -0.2) is 6.69 Å². The van der Waals surface area contributed by atoms with E-state index in [1.807, 2.05) is 0 Å². The molecule has 1 aliphatic heterocycles. The normalized spacial score (nSPS) is 31.5. The molecule has 1 fully saturated rings. The number of rotatable bonds is 0. The van der Waals surface area contributed by atoms with E-state index >= 15 is 0 Å². The second kappa shape index (κ2) is 2.89. The molecular weight excluding hydrogens is 207 g/mol. The molecule has 0 radical (unpaired) electrons. The van der Waals surface area contributed by atoms with E-state index in [1.54, 1.807) is 0 Å². The van der Waals surface area contributed by atoms with Crippen LogP contribution in [0.3, 0.4) is 0 Å². The maximum Gasteiger partial charge on any atom is 0.257 e. The first-order valence-electron chi connectivity index (χ1n) is 4.59. The van der Waals surface area contributed by atoms with Crippen LogP contribution in [0.25, 0.3) is 0 Å². The molecule has 1 rings (SSSR count). The SMILES string of the molecule is CC1(C)CCC[Si](Cl)(Cl)C1(C)C. The summed E-state index contributed by atoms with van der Waals surface area (Å²) in [6.45, 7) is 7.04. The Morgan fingerprint density at radius 3 is 1.92 bits per heavy atom. The van der Waals surface area contributed by atoms with Gasteiger partial charge in [0.2, 0.25) is 0 Å². The van der Waals surface area contributed by atoms with Gasteiger partial charge < -0.3 is 0 Å². The van der Waals surface area contributed by atoms with Crippen molar-refractivity contribution in [2.75, 3.05) is 0 Å². The Labute approximate surface area is 86.1 Å². The van der Waals surface area contributed by atoms with Gasteiger partial charge in [-0.2, -0.15) is 0 Å². The molecule has 1 saturated heterocycles. The van der Waals surface area contributed by atoms with Gasteiger partial charge in [0.25, 0.3) is 6.69 Å². The van der Waals surface area contributed by atoms with Crippen LogP contribution in [0, 0.1) is 5.41 Å². The largest absolute Gasteiger partial charge is 0.257 e. The summed E-state index contributed by atoms with van der Waals surface area (Å²) in [5.41, 5.74) is 0.307. The number of halogens is 2. The summed E-state index contributed by atoms with van der Waals surface area (Å²) in [5.74, 6) is 0. The molecule has 0 nitrogen and oxygen atoms in total. The van der Waals surface area contributed by atoms with E-state index in [0.717, 1.165) is 6.04 Å². The highest BCUT2D eigenvalue weighted by Gasteiger charge is 2.56. The van der Waals surface area contributed by atoms with E-state index in [1.165, 1.54) is 12.8 Å². The van der Waals surface area contributed by atoms with E-state index in [2.05, 4.69) is 27.7 Å². The molecule has 0 amide bonds. The highest BCUT2D eigenvalue weighted by molar-refractivity contribution is 7.46. The molecule has 0 aliphatic carbocycles. The lowest BCUT2D eigenvalue weighted by molar-refractivity contribution is 0.222. The Bertz CT molecular complexity index is 167. The lowest BCUT2D eigenvalue weighted by Gasteiger charge is -2.51. The van der Waals surface area contributed by atoms with Crippen molar-refractivity contribution in [2.45, 2.75) is 51.6 Å². The molecule has 0 saturated carbocycles. The van der Waals surface area contributed by atoms with Crippen LogP contribution >= 0.6 is 22.2 Å². The van der Waals surface area contributed by atoms with Crippen molar-refractivity contribution in [1.82, 2.24) is 0 Å². The maximum atomic E-state index is 6.45. The summed E-state index contributed by atoms with van der Waals surface area (Å²) in [6, 6.07) is 1.06. The van der Waals surface area contributed by atoms with Crippen molar-refractivity contribution >= 4 is 28.9 Å². The monoisotopic (exact) mass is 224 g/mol. The summed E-state index contributed by atoms with van der Waals surface area (Å²) >= 11 is 12.9. The van der Waals surface area contributed by atoms with Gasteiger partial charge in [-0.3, -0.25) is 0 Å². The van der Waals surface area contributed by atoms with Gasteiger partial charge in [-0.05, 0) is 22.9 Å². The molecule has 0 aromatic heterocycles. The fraction of sp³-hybridized carbons (Fsp3) is 1.00. The zero-order valence-electron chi connectivity index (χ0n) is 8.38. The summed E-state index contributed by atoms with van der Waals surface area (Å²) in [5, 5.41) is 0.140. The molecular formula is C9H18Cl2Si. The molecule has 3 heteroatoms. The van der Waals surface area contributed by atoms with Gasteiger partial charge in [0.15, 0.2) is 0 Å². The first-order chi connectivity index (χ1) is 5.21. The van der Waals surface area contributed by atoms with E-state index in [9.17, 15) is 0 Å². The summed E-state index contributed by atoms with van der Waals surface area (Å²) < 4.78 is 0. The highest BCUT2D eigenvalue weighted by Crippen LogP contribution is 2.62. The fourth-order valence-corrected chi connectivity index (χ4v) is 6.57. The summed E-state index contributed by atoms with van der Waals surface area (Å²) in [7, 11) is 0. The van der Waals surface area contributed by atoms with E-state index < -0.39 is 6.69 Å². The van der Waals surface area contributed by atoms with Gasteiger partial charge in [0.05, 0.1) is 0 Å². The van der Waals surface area contributed by atoms with Gasteiger partial charge in [-0.1, -0.05) is 34.1 Å². The van der Waals surface area contributed by atoms with Gasteiger partial charge in [0.1, 0.15) is 0 Å². The van der Waals surface area contributed by atoms with Crippen LogP contribution in [-0.2, 0) is 0 Å². The molecule has 0 N–H and O–H groups in total. The van der Waals surface area contributed by atoms with Gasteiger partial charge in [-0.25, -0.2) is 0 Å². The van der Waals surface area contributed by atoms with Crippen molar-refractivity contribution < 1.29 is 0 Å². The van der Waals surface area contributed by atoms with Crippen LogP contribution in [0.1, 0.15) is 40.5 Å². The van der Waals surface area contributed by atoms with Gasteiger partial charge >= 0.3 is 0 Å². The van der Waals surface area contributed by atoms with E-state index in [-0.39, 0.29) is 5.04 Å². The van der Waals surface area contributed by atoms with Crippen LogP contribution < -0.4 is 0 Å². The molecule has 12 heavy (non-hydrogen) atoms.